The zero-order chi connectivity index (χ0) is 10.1. The highest BCUT2D eigenvalue weighted by atomic mass is 15.3. The average Bonchev–Trinajstić information content (AvgIpc) is 2.51. The van der Waals surface area contributed by atoms with Gasteiger partial charge in [0.15, 0.2) is 0 Å². The van der Waals surface area contributed by atoms with Crippen LogP contribution in [0.4, 0.5) is 0 Å². The van der Waals surface area contributed by atoms with Crippen LogP contribution in [0.25, 0.3) is 0 Å². The quantitative estimate of drug-likeness (QED) is 0.700. The molecule has 3 heteroatoms. The van der Waals surface area contributed by atoms with Gasteiger partial charge in [-0.2, -0.15) is 0 Å². The Morgan fingerprint density at radius 2 is 2.21 bits per heavy atom. The first-order valence-corrected chi connectivity index (χ1v) is 5.90. The SMILES string of the molecule is CC(N)CN1CC2CCCN2CC1C. The van der Waals surface area contributed by atoms with Crippen molar-refractivity contribution in [3.63, 3.8) is 0 Å². The van der Waals surface area contributed by atoms with Crippen molar-refractivity contribution in [1.82, 2.24) is 9.80 Å². The molecule has 0 aromatic rings. The lowest BCUT2D eigenvalue weighted by Crippen LogP contribution is -2.56. The maximum atomic E-state index is 5.87. The van der Waals surface area contributed by atoms with Crippen molar-refractivity contribution in [2.45, 2.75) is 44.8 Å². The zero-order valence-electron chi connectivity index (χ0n) is 9.45. The van der Waals surface area contributed by atoms with Crippen molar-refractivity contribution in [2.24, 2.45) is 5.73 Å². The summed E-state index contributed by atoms with van der Waals surface area (Å²) in [6, 6.07) is 1.82. The lowest BCUT2D eigenvalue weighted by molar-refractivity contribution is 0.0566. The molecular formula is C11H23N3. The molecule has 2 fully saturated rings. The first-order valence-electron chi connectivity index (χ1n) is 5.90. The van der Waals surface area contributed by atoms with Crippen LogP contribution in [0.1, 0.15) is 26.7 Å². The monoisotopic (exact) mass is 197 g/mol. The molecule has 0 aliphatic carbocycles. The summed E-state index contributed by atoms with van der Waals surface area (Å²) in [5.74, 6) is 0. The highest BCUT2D eigenvalue weighted by Crippen LogP contribution is 2.24. The Bertz CT molecular complexity index is 193. The maximum absolute atomic E-state index is 5.87. The van der Waals surface area contributed by atoms with Crippen molar-refractivity contribution in [2.75, 3.05) is 26.2 Å². The fraction of sp³-hybridized carbons (Fsp3) is 1.00. The minimum Gasteiger partial charge on any atom is -0.327 e. The molecule has 82 valence electrons. The van der Waals surface area contributed by atoms with E-state index in [0.29, 0.717) is 12.1 Å². The van der Waals surface area contributed by atoms with Gasteiger partial charge < -0.3 is 5.73 Å². The number of hydrogen-bond acceptors (Lipinski definition) is 3. The molecule has 2 saturated heterocycles. The van der Waals surface area contributed by atoms with Crippen LogP contribution < -0.4 is 5.73 Å². The molecule has 2 N–H and O–H groups in total. The van der Waals surface area contributed by atoms with Gasteiger partial charge in [0.2, 0.25) is 0 Å². The molecule has 2 heterocycles. The second-order valence-corrected chi connectivity index (χ2v) is 5.07. The van der Waals surface area contributed by atoms with E-state index in [2.05, 4.69) is 23.6 Å². The largest absolute Gasteiger partial charge is 0.327 e. The topological polar surface area (TPSA) is 32.5 Å². The van der Waals surface area contributed by atoms with Crippen molar-refractivity contribution in [3.05, 3.63) is 0 Å². The van der Waals surface area contributed by atoms with E-state index >= 15 is 0 Å². The summed E-state index contributed by atoms with van der Waals surface area (Å²) in [6.45, 7) is 9.30. The fourth-order valence-corrected chi connectivity index (χ4v) is 2.87. The van der Waals surface area contributed by atoms with Crippen molar-refractivity contribution in [3.8, 4) is 0 Å². The summed E-state index contributed by atoms with van der Waals surface area (Å²) < 4.78 is 0. The number of nitrogens with zero attached hydrogens (tertiary/aromatic N) is 2. The minimum absolute atomic E-state index is 0.311. The molecule has 0 amide bonds. The van der Waals surface area contributed by atoms with E-state index in [1.54, 1.807) is 0 Å². The van der Waals surface area contributed by atoms with Gasteiger partial charge in [0, 0.05) is 37.8 Å². The number of hydrogen-bond donors (Lipinski definition) is 1. The molecule has 0 aromatic heterocycles. The summed E-state index contributed by atoms with van der Waals surface area (Å²) in [7, 11) is 0. The van der Waals surface area contributed by atoms with Crippen LogP contribution in [0.3, 0.4) is 0 Å². The van der Waals surface area contributed by atoms with Crippen molar-refractivity contribution in [1.29, 1.82) is 0 Å². The molecule has 2 rings (SSSR count). The normalized spacial score (nSPS) is 37.1. The van der Waals surface area contributed by atoms with E-state index in [9.17, 15) is 0 Å². The predicted molar refractivity (Wildman–Crippen MR) is 59.3 cm³/mol. The first-order chi connectivity index (χ1) is 6.66. The molecule has 2 aliphatic heterocycles. The second kappa shape index (κ2) is 4.17. The van der Waals surface area contributed by atoms with Crippen LogP contribution in [-0.4, -0.2) is 54.1 Å². The van der Waals surface area contributed by atoms with Gasteiger partial charge in [-0.3, -0.25) is 9.80 Å². The van der Waals surface area contributed by atoms with Gasteiger partial charge in [0.25, 0.3) is 0 Å². The predicted octanol–water partition coefficient (Wildman–Crippen LogP) is 0.502. The van der Waals surface area contributed by atoms with Crippen molar-refractivity contribution < 1.29 is 0 Å². The van der Waals surface area contributed by atoms with Gasteiger partial charge in [-0.05, 0) is 33.2 Å². The molecule has 0 aromatic carbocycles. The van der Waals surface area contributed by atoms with Crippen LogP contribution >= 0.6 is 0 Å². The molecule has 0 spiro atoms. The zero-order valence-corrected chi connectivity index (χ0v) is 9.45. The van der Waals surface area contributed by atoms with Gasteiger partial charge in [-0.15, -0.1) is 0 Å². The standard InChI is InChI=1S/C11H23N3/c1-9(12)6-14-8-11-4-3-5-13(11)7-10(14)2/h9-11H,3-8,12H2,1-2H3. The molecule has 3 atom stereocenters. The number of piperazine rings is 1. The Kier molecular flexibility index (Phi) is 3.10. The Hall–Kier alpha value is -0.120. The summed E-state index contributed by atoms with van der Waals surface area (Å²) in [4.78, 5) is 5.22. The van der Waals surface area contributed by atoms with E-state index in [0.717, 1.165) is 12.6 Å². The lowest BCUT2D eigenvalue weighted by Gasteiger charge is -2.42. The van der Waals surface area contributed by atoms with Crippen molar-refractivity contribution >= 4 is 0 Å². The Balaban J connectivity index is 1.92. The van der Waals surface area contributed by atoms with E-state index in [-0.39, 0.29) is 0 Å². The van der Waals surface area contributed by atoms with E-state index < -0.39 is 0 Å². The molecule has 2 aliphatic rings. The molecular weight excluding hydrogens is 174 g/mol. The van der Waals surface area contributed by atoms with Crippen LogP contribution in [0.2, 0.25) is 0 Å². The Labute approximate surface area is 87.2 Å². The summed E-state index contributed by atoms with van der Waals surface area (Å²) >= 11 is 0. The van der Waals surface area contributed by atoms with Crippen LogP contribution in [-0.2, 0) is 0 Å². The smallest absolute Gasteiger partial charge is 0.0224 e. The van der Waals surface area contributed by atoms with Gasteiger partial charge in [0.05, 0.1) is 0 Å². The molecule has 0 saturated carbocycles. The number of fused-ring (bicyclic) bond motifs is 1. The highest BCUT2D eigenvalue weighted by molar-refractivity contribution is 4.91. The third-order valence-corrected chi connectivity index (χ3v) is 3.59. The molecule has 3 unspecified atom stereocenters. The minimum atomic E-state index is 0.311. The average molecular weight is 197 g/mol. The van der Waals surface area contributed by atoms with Gasteiger partial charge in [-0.1, -0.05) is 0 Å². The fourth-order valence-electron chi connectivity index (χ4n) is 2.87. The van der Waals surface area contributed by atoms with Gasteiger partial charge >= 0.3 is 0 Å². The molecule has 3 nitrogen and oxygen atoms in total. The van der Waals surface area contributed by atoms with Gasteiger partial charge in [-0.25, -0.2) is 0 Å². The van der Waals surface area contributed by atoms with E-state index in [4.69, 9.17) is 5.73 Å². The summed E-state index contributed by atoms with van der Waals surface area (Å²) in [6.07, 6.45) is 2.78. The first kappa shape index (κ1) is 10.4. The second-order valence-electron chi connectivity index (χ2n) is 5.07. The third-order valence-electron chi connectivity index (χ3n) is 3.59. The van der Waals surface area contributed by atoms with E-state index in [1.807, 2.05) is 0 Å². The maximum Gasteiger partial charge on any atom is 0.0224 e. The Morgan fingerprint density at radius 3 is 2.93 bits per heavy atom. The number of nitrogens with two attached hydrogens (primary N) is 1. The molecule has 0 bridgehead atoms. The lowest BCUT2D eigenvalue weighted by atomic mass is 10.1. The Morgan fingerprint density at radius 1 is 1.43 bits per heavy atom. The highest BCUT2D eigenvalue weighted by Gasteiger charge is 2.34. The van der Waals surface area contributed by atoms with E-state index in [1.165, 1.54) is 32.5 Å². The van der Waals surface area contributed by atoms with Crippen LogP contribution in [0.5, 0.6) is 0 Å². The van der Waals surface area contributed by atoms with Crippen LogP contribution in [0.15, 0.2) is 0 Å². The molecule has 0 radical (unpaired) electrons. The third kappa shape index (κ3) is 2.10. The number of rotatable bonds is 2. The van der Waals surface area contributed by atoms with Gasteiger partial charge in [0.1, 0.15) is 0 Å². The summed E-state index contributed by atoms with van der Waals surface area (Å²) in [5, 5.41) is 0. The summed E-state index contributed by atoms with van der Waals surface area (Å²) in [5.41, 5.74) is 5.87. The molecule has 14 heavy (non-hydrogen) atoms. The van der Waals surface area contributed by atoms with Crippen LogP contribution in [0, 0.1) is 0 Å².